The molecule has 3 nitrogen and oxygen atoms in total. The number of rotatable bonds is 10. The second kappa shape index (κ2) is 10.5. The summed E-state index contributed by atoms with van der Waals surface area (Å²) in [6.07, 6.45) is 7.76. The fourth-order valence-electron chi connectivity index (χ4n) is 3.08. The van der Waals surface area contributed by atoms with Gasteiger partial charge in [-0.2, -0.15) is 0 Å². The predicted molar refractivity (Wildman–Crippen MR) is 99.6 cm³/mol. The van der Waals surface area contributed by atoms with Crippen molar-refractivity contribution in [3.05, 3.63) is 24.3 Å². The van der Waals surface area contributed by atoms with Crippen LogP contribution in [-0.2, 0) is 0 Å². The maximum absolute atomic E-state index is 5.74. The zero-order valence-corrected chi connectivity index (χ0v) is 15.1. The van der Waals surface area contributed by atoms with Gasteiger partial charge in [0, 0.05) is 31.9 Å². The minimum Gasteiger partial charge on any atom is -0.494 e. The second-order valence-corrected chi connectivity index (χ2v) is 6.59. The van der Waals surface area contributed by atoms with Crippen molar-refractivity contribution in [2.24, 2.45) is 0 Å². The number of hydrogen-bond donors (Lipinski definition) is 0. The predicted octanol–water partition coefficient (Wildman–Crippen LogP) is 4.57. The van der Waals surface area contributed by atoms with Gasteiger partial charge in [-0.15, -0.1) is 0 Å². The lowest BCUT2D eigenvalue weighted by molar-refractivity contribution is 0.252. The summed E-state index contributed by atoms with van der Waals surface area (Å²) >= 11 is 0. The molecule has 1 aromatic carbocycles. The zero-order valence-electron chi connectivity index (χ0n) is 15.1. The second-order valence-electron chi connectivity index (χ2n) is 6.59. The summed E-state index contributed by atoms with van der Waals surface area (Å²) in [5.74, 6) is 0.997. The van der Waals surface area contributed by atoms with Crippen molar-refractivity contribution in [3.63, 3.8) is 0 Å². The molecule has 1 saturated heterocycles. The Balaban J connectivity index is 1.70. The van der Waals surface area contributed by atoms with Gasteiger partial charge in [-0.25, -0.2) is 0 Å². The van der Waals surface area contributed by atoms with E-state index in [1.54, 1.807) is 0 Å². The van der Waals surface area contributed by atoms with Crippen molar-refractivity contribution in [1.29, 1.82) is 0 Å². The number of ether oxygens (including phenoxy) is 1. The molecule has 2 rings (SSSR count). The highest BCUT2D eigenvalue weighted by atomic mass is 16.5. The molecule has 130 valence electrons. The van der Waals surface area contributed by atoms with Gasteiger partial charge in [0.2, 0.25) is 0 Å². The molecule has 1 aromatic rings. The molecule has 0 aliphatic carbocycles. The summed E-state index contributed by atoms with van der Waals surface area (Å²) in [6.45, 7) is 11.2. The lowest BCUT2D eigenvalue weighted by Gasteiger charge is -2.36. The van der Waals surface area contributed by atoms with Gasteiger partial charge in [0.1, 0.15) is 5.75 Å². The van der Waals surface area contributed by atoms with Crippen molar-refractivity contribution in [3.8, 4) is 5.75 Å². The molecule has 0 radical (unpaired) electrons. The maximum Gasteiger partial charge on any atom is 0.119 e. The normalized spacial score (nSPS) is 15.8. The summed E-state index contributed by atoms with van der Waals surface area (Å²) < 4.78 is 5.74. The highest BCUT2D eigenvalue weighted by Gasteiger charge is 2.16. The fourth-order valence-corrected chi connectivity index (χ4v) is 3.08. The quantitative estimate of drug-likeness (QED) is 0.588. The van der Waals surface area contributed by atoms with Crippen molar-refractivity contribution >= 4 is 5.69 Å². The van der Waals surface area contributed by atoms with Gasteiger partial charge >= 0.3 is 0 Å². The Bertz CT molecular complexity index is 410. The van der Waals surface area contributed by atoms with Crippen LogP contribution in [0.3, 0.4) is 0 Å². The summed E-state index contributed by atoms with van der Waals surface area (Å²) in [5, 5.41) is 0. The van der Waals surface area contributed by atoms with Crippen LogP contribution in [0.1, 0.15) is 52.4 Å². The van der Waals surface area contributed by atoms with E-state index < -0.39 is 0 Å². The molecular weight excluding hydrogens is 284 g/mol. The smallest absolute Gasteiger partial charge is 0.119 e. The first-order chi connectivity index (χ1) is 11.3. The van der Waals surface area contributed by atoms with E-state index in [1.165, 1.54) is 57.4 Å². The van der Waals surface area contributed by atoms with Gasteiger partial charge in [0.15, 0.2) is 0 Å². The number of unbranched alkanes of at least 4 members (excludes halogenated alkanes) is 4. The summed E-state index contributed by atoms with van der Waals surface area (Å²) in [6, 6.07) is 8.64. The molecule has 0 aromatic heterocycles. The third-order valence-corrected chi connectivity index (χ3v) is 4.67. The Morgan fingerprint density at radius 1 is 0.826 bits per heavy atom. The average Bonchev–Trinajstić information content (AvgIpc) is 2.60. The van der Waals surface area contributed by atoms with Crippen LogP contribution in [0.2, 0.25) is 0 Å². The van der Waals surface area contributed by atoms with E-state index in [0.29, 0.717) is 0 Å². The maximum atomic E-state index is 5.74. The summed E-state index contributed by atoms with van der Waals surface area (Å²) in [5.41, 5.74) is 1.33. The SMILES string of the molecule is CCCCCCN1CCN(c2ccc(OCCCC)cc2)CC1. The Morgan fingerprint density at radius 2 is 1.52 bits per heavy atom. The molecule has 0 bridgehead atoms. The molecule has 1 aliphatic heterocycles. The molecule has 0 unspecified atom stereocenters. The first-order valence-electron chi connectivity index (χ1n) is 9.53. The van der Waals surface area contributed by atoms with Crippen LogP contribution in [0.4, 0.5) is 5.69 Å². The molecule has 1 heterocycles. The molecule has 0 spiro atoms. The van der Waals surface area contributed by atoms with Gasteiger partial charge in [-0.1, -0.05) is 39.5 Å². The van der Waals surface area contributed by atoms with E-state index in [2.05, 4.69) is 47.9 Å². The minimum atomic E-state index is 0.826. The Kier molecular flexibility index (Phi) is 8.30. The molecular formula is C20H34N2O. The lowest BCUT2D eigenvalue weighted by atomic mass is 10.2. The minimum absolute atomic E-state index is 0.826. The van der Waals surface area contributed by atoms with E-state index in [9.17, 15) is 0 Å². The standard InChI is InChI=1S/C20H34N2O/c1-3-5-7-8-13-21-14-16-22(17-15-21)19-9-11-20(12-10-19)23-18-6-4-2/h9-12H,3-8,13-18H2,1-2H3. The first kappa shape index (κ1) is 18.1. The van der Waals surface area contributed by atoms with Crippen LogP contribution in [0.5, 0.6) is 5.75 Å². The van der Waals surface area contributed by atoms with Crippen molar-refractivity contribution in [2.45, 2.75) is 52.4 Å². The van der Waals surface area contributed by atoms with E-state index >= 15 is 0 Å². The zero-order chi connectivity index (χ0) is 16.3. The highest BCUT2D eigenvalue weighted by Crippen LogP contribution is 2.21. The molecule has 3 heteroatoms. The van der Waals surface area contributed by atoms with Crippen LogP contribution < -0.4 is 9.64 Å². The van der Waals surface area contributed by atoms with Gasteiger partial charge < -0.3 is 9.64 Å². The van der Waals surface area contributed by atoms with Crippen LogP contribution in [0.15, 0.2) is 24.3 Å². The van der Waals surface area contributed by atoms with Gasteiger partial charge in [0.05, 0.1) is 6.61 Å². The molecule has 0 atom stereocenters. The molecule has 23 heavy (non-hydrogen) atoms. The van der Waals surface area contributed by atoms with Crippen LogP contribution in [-0.4, -0.2) is 44.2 Å². The highest BCUT2D eigenvalue weighted by molar-refractivity contribution is 5.49. The molecule has 0 saturated carbocycles. The molecule has 1 fully saturated rings. The number of anilines is 1. The van der Waals surface area contributed by atoms with Gasteiger partial charge in [0.25, 0.3) is 0 Å². The van der Waals surface area contributed by atoms with Crippen molar-refractivity contribution in [1.82, 2.24) is 4.90 Å². The Labute approximate surface area is 142 Å². The number of nitrogens with zero attached hydrogens (tertiary/aromatic N) is 2. The van der Waals surface area contributed by atoms with E-state index in [1.807, 2.05) is 0 Å². The van der Waals surface area contributed by atoms with Crippen LogP contribution in [0, 0.1) is 0 Å². The monoisotopic (exact) mass is 318 g/mol. The molecule has 0 amide bonds. The fraction of sp³-hybridized carbons (Fsp3) is 0.700. The average molecular weight is 319 g/mol. The summed E-state index contributed by atoms with van der Waals surface area (Å²) in [4.78, 5) is 5.12. The Hall–Kier alpha value is -1.22. The lowest BCUT2D eigenvalue weighted by Crippen LogP contribution is -2.46. The van der Waals surface area contributed by atoms with Crippen LogP contribution in [0.25, 0.3) is 0 Å². The largest absolute Gasteiger partial charge is 0.494 e. The molecule has 0 N–H and O–H groups in total. The number of piperazine rings is 1. The van der Waals surface area contributed by atoms with E-state index in [-0.39, 0.29) is 0 Å². The number of benzene rings is 1. The molecule has 1 aliphatic rings. The Morgan fingerprint density at radius 3 is 2.17 bits per heavy atom. The van der Waals surface area contributed by atoms with Crippen molar-refractivity contribution in [2.75, 3.05) is 44.2 Å². The van der Waals surface area contributed by atoms with Gasteiger partial charge in [-0.3, -0.25) is 4.90 Å². The van der Waals surface area contributed by atoms with Crippen molar-refractivity contribution < 1.29 is 4.74 Å². The summed E-state index contributed by atoms with van der Waals surface area (Å²) in [7, 11) is 0. The topological polar surface area (TPSA) is 15.7 Å². The van der Waals surface area contributed by atoms with Crippen LogP contribution >= 0.6 is 0 Å². The van der Waals surface area contributed by atoms with Gasteiger partial charge in [-0.05, 0) is 43.7 Å². The first-order valence-corrected chi connectivity index (χ1v) is 9.53. The number of hydrogen-bond acceptors (Lipinski definition) is 3. The third-order valence-electron chi connectivity index (χ3n) is 4.67. The van der Waals surface area contributed by atoms with E-state index in [4.69, 9.17) is 4.74 Å². The third kappa shape index (κ3) is 6.42. The van der Waals surface area contributed by atoms with E-state index in [0.717, 1.165) is 31.9 Å².